The van der Waals surface area contributed by atoms with E-state index >= 15 is 0 Å². The van der Waals surface area contributed by atoms with E-state index in [0.717, 1.165) is 22.5 Å². The van der Waals surface area contributed by atoms with Crippen LogP contribution in [0.5, 0.6) is 11.5 Å². The Morgan fingerprint density at radius 2 is 1.78 bits per heavy atom. The number of methoxy groups -OCH3 is 2. The highest BCUT2D eigenvalue weighted by Crippen LogP contribution is 2.31. The SMILES string of the molecule is COc1ccc(-c2cn(-c3cc(N)ccc3C)nn2)cc1OC. The Kier molecular flexibility index (Phi) is 3.89. The second kappa shape index (κ2) is 6.00. The third kappa shape index (κ3) is 2.83. The number of aromatic nitrogens is 3. The molecule has 0 saturated heterocycles. The number of hydrogen-bond acceptors (Lipinski definition) is 5. The zero-order valence-electron chi connectivity index (χ0n) is 13.3. The summed E-state index contributed by atoms with van der Waals surface area (Å²) in [6, 6.07) is 11.3. The lowest BCUT2D eigenvalue weighted by Crippen LogP contribution is -1.99. The lowest BCUT2D eigenvalue weighted by atomic mass is 10.1. The minimum atomic E-state index is 0.652. The summed E-state index contributed by atoms with van der Waals surface area (Å²) in [6.45, 7) is 2.01. The molecule has 0 saturated carbocycles. The quantitative estimate of drug-likeness (QED) is 0.750. The molecule has 6 heteroatoms. The number of nitrogens with zero attached hydrogens (tertiary/aromatic N) is 3. The second-order valence-corrected chi connectivity index (χ2v) is 5.16. The van der Waals surface area contributed by atoms with Crippen molar-refractivity contribution in [1.82, 2.24) is 15.0 Å². The van der Waals surface area contributed by atoms with E-state index in [4.69, 9.17) is 15.2 Å². The summed E-state index contributed by atoms with van der Waals surface area (Å²) in [5.41, 5.74) is 10.2. The topological polar surface area (TPSA) is 75.2 Å². The van der Waals surface area contributed by atoms with Crippen LogP contribution in [0.1, 0.15) is 5.56 Å². The van der Waals surface area contributed by atoms with E-state index in [1.165, 1.54) is 0 Å². The molecule has 0 aliphatic rings. The summed E-state index contributed by atoms with van der Waals surface area (Å²) in [5.74, 6) is 1.33. The highest BCUT2D eigenvalue weighted by atomic mass is 16.5. The fourth-order valence-corrected chi connectivity index (χ4v) is 2.38. The molecule has 0 fully saturated rings. The molecular formula is C17H18N4O2. The number of benzene rings is 2. The predicted molar refractivity (Wildman–Crippen MR) is 89.0 cm³/mol. The number of hydrogen-bond donors (Lipinski definition) is 1. The largest absolute Gasteiger partial charge is 0.493 e. The molecule has 0 bridgehead atoms. The molecule has 3 aromatic rings. The van der Waals surface area contributed by atoms with Gasteiger partial charge in [-0.15, -0.1) is 5.10 Å². The molecule has 0 spiro atoms. The van der Waals surface area contributed by atoms with Crippen molar-refractivity contribution in [2.75, 3.05) is 20.0 Å². The van der Waals surface area contributed by atoms with Gasteiger partial charge in [0, 0.05) is 11.3 Å². The van der Waals surface area contributed by atoms with Crippen LogP contribution in [0.2, 0.25) is 0 Å². The fraction of sp³-hybridized carbons (Fsp3) is 0.176. The lowest BCUT2D eigenvalue weighted by Gasteiger charge is -2.08. The number of ether oxygens (including phenoxy) is 2. The van der Waals surface area contributed by atoms with Crippen molar-refractivity contribution >= 4 is 5.69 Å². The molecule has 2 N–H and O–H groups in total. The van der Waals surface area contributed by atoms with Gasteiger partial charge in [0.15, 0.2) is 11.5 Å². The van der Waals surface area contributed by atoms with Crippen molar-refractivity contribution in [2.24, 2.45) is 0 Å². The Morgan fingerprint density at radius 3 is 2.52 bits per heavy atom. The molecule has 0 atom stereocenters. The normalized spacial score (nSPS) is 10.6. The highest BCUT2D eigenvalue weighted by Gasteiger charge is 2.11. The molecule has 118 valence electrons. The van der Waals surface area contributed by atoms with Gasteiger partial charge in [-0.2, -0.15) is 0 Å². The van der Waals surface area contributed by atoms with E-state index in [0.29, 0.717) is 17.2 Å². The van der Waals surface area contributed by atoms with Gasteiger partial charge in [-0.3, -0.25) is 0 Å². The molecule has 1 aromatic heterocycles. The average molecular weight is 310 g/mol. The van der Waals surface area contributed by atoms with Crippen molar-refractivity contribution in [3.05, 3.63) is 48.2 Å². The Hall–Kier alpha value is -3.02. The van der Waals surface area contributed by atoms with Gasteiger partial charge in [-0.25, -0.2) is 4.68 Å². The minimum Gasteiger partial charge on any atom is -0.493 e. The van der Waals surface area contributed by atoms with E-state index in [9.17, 15) is 0 Å². The van der Waals surface area contributed by atoms with Crippen molar-refractivity contribution < 1.29 is 9.47 Å². The molecule has 23 heavy (non-hydrogen) atoms. The van der Waals surface area contributed by atoms with E-state index in [1.807, 2.05) is 49.5 Å². The summed E-state index contributed by atoms with van der Waals surface area (Å²) < 4.78 is 12.3. The molecule has 0 aliphatic carbocycles. The van der Waals surface area contributed by atoms with Crippen LogP contribution in [0.3, 0.4) is 0 Å². The van der Waals surface area contributed by atoms with Gasteiger partial charge in [0.25, 0.3) is 0 Å². The van der Waals surface area contributed by atoms with Gasteiger partial charge in [0.2, 0.25) is 0 Å². The zero-order chi connectivity index (χ0) is 16.4. The van der Waals surface area contributed by atoms with E-state index in [1.54, 1.807) is 18.9 Å². The summed E-state index contributed by atoms with van der Waals surface area (Å²) in [4.78, 5) is 0. The third-order valence-corrected chi connectivity index (χ3v) is 3.65. The minimum absolute atomic E-state index is 0.652. The number of anilines is 1. The summed E-state index contributed by atoms with van der Waals surface area (Å²) in [7, 11) is 3.21. The Labute approximate surface area is 134 Å². The first-order chi connectivity index (χ1) is 11.1. The van der Waals surface area contributed by atoms with Crippen LogP contribution in [-0.2, 0) is 0 Å². The maximum absolute atomic E-state index is 5.86. The summed E-state index contributed by atoms with van der Waals surface area (Å²) in [6.07, 6.45) is 1.86. The first kappa shape index (κ1) is 14.9. The van der Waals surface area contributed by atoms with Gasteiger partial charge >= 0.3 is 0 Å². The molecule has 0 unspecified atom stereocenters. The summed E-state index contributed by atoms with van der Waals surface area (Å²) in [5, 5.41) is 8.44. The van der Waals surface area contributed by atoms with Gasteiger partial charge in [-0.1, -0.05) is 11.3 Å². The number of rotatable bonds is 4. The molecule has 0 aliphatic heterocycles. The first-order valence-electron chi connectivity index (χ1n) is 7.13. The molecule has 0 amide bonds. The molecule has 1 heterocycles. The van der Waals surface area contributed by atoms with Crippen LogP contribution in [0, 0.1) is 6.92 Å². The van der Waals surface area contributed by atoms with E-state index in [2.05, 4.69) is 10.3 Å². The average Bonchev–Trinajstić information content (AvgIpc) is 3.06. The Bertz CT molecular complexity index is 842. The molecule has 3 rings (SSSR count). The Morgan fingerprint density at radius 1 is 1.00 bits per heavy atom. The van der Waals surface area contributed by atoms with Crippen molar-refractivity contribution in [3.8, 4) is 28.4 Å². The Balaban J connectivity index is 2.00. The number of nitrogens with two attached hydrogens (primary N) is 1. The van der Waals surface area contributed by atoms with Gasteiger partial charge in [-0.05, 0) is 42.8 Å². The second-order valence-electron chi connectivity index (χ2n) is 5.16. The predicted octanol–water partition coefficient (Wildman–Crippen LogP) is 2.84. The number of nitrogen functional groups attached to an aromatic ring is 1. The van der Waals surface area contributed by atoms with Crippen LogP contribution in [0.4, 0.5) is 5.69 Å². The number of aryl methyl sites for hydroxylation is 1. The first-order valence-corrected chi connectivity index (χ1v) is 7.13. The van der Waals surface area contributed by atoms with E-state index in [-0.39, 0.29) is 0 Å². The van der Waals surface area contributed by atoms with Crippen molar-refractivity contribution in [1.29, 1.82) is 0 Å². The standard InChI is InChI=1S/C17H18N4O2/c1-11-4-6-13(18)9-15(11)21-10-14(19-20-21)12-5-7-16(22-2)17(8-12)23-3/h4-10H,18H2,1-3H3. The van der Waals surface area contributed by atoms with Crippen LogP contribution >= 0.6 is 0 Å². The smallest absolute Gasteiger partial charge is 0.161 e. The van der Waals surface area contributed by atoms with Crippen molar-refractivity contribution in [2.45, 2.75) is 6.92 Å². The molecular weight excluding hydrogens is 292 g/mol. The van der Waals surface area contributed by atoms with E-state index < -0.39 is 0 Å². The highest BCUT2D eigenvalue weighted by molar-refractivity contribution is 5.64. The zero-order valence-corrected chi connectivity index (χ0v) is 13.3. The van der Waals surface area contributed by atoms with Gasteiger partial charge in [0.05, 0.1) is 26.1 Å². The van der Waals surface area contributed by atoms with Crippen molar-refractivity contribution in [3.63, 3.8) is 0 Å². The van der Waals surface area contributed by atoms with Crippen LogP contribution in [-0.4, -0.2) is 29.2 Å². The van der Waals surface area contributed by atoms with Crippen LogP contribution in [0.15, 0.2) is 42.6 Å². The fourth-order valence-electron chi connectivity index (χ4n) is 2.38. The molecule has 2 aromatic carbocycles. The monoisotopic (exact) mass is 310 g/mol. The maximum Gasteiger partial charge on any atom is 0.161 e. The lowest BCUT2D eigenvalue weighted by molar-refractivity contribution is 0.355. The van der Waals surface area contributed by atoms with Gasteiger partial charge < -0.3 is 15.2 Å². The molecule has 0 radical (unpaired) electrons. The van der Waals surface area contributed by atoms with Gasteiger partial charge in [0.1, 0.15) is 5.69 Å². The third-order valence-electron chi connectivity index (χ3n) is 3.65. The summed E-state index contributed by atoms with van der Waals surface area (Å²) >= 11 is 0. The maximum atomic E-state index is 5.86. The molecule has 6 nitrogen and oxygen atoms in total. The van der Waals surface area contributed by atoms with Crippen LogP contribution < -0.4 is 15.2 Å². The van der Waals surface area contributed by atoms with Crippen LogP contribution in [0.25, 0.3) is 16.9 Å².